The van der Waals surface area contributed by atoms with Gasteiger partial charge in [-0.05, 0) is 34.6 Å². The number of thioether (sulfide) groups is 1. The molecule has 0 spiro atoms. The standard InChI is InChI=1S/C19H24OS.6FH.Sb/c1-14-10-16(11-17(18(14)20)19(2,3)4)13-21-12-15-8-6-5-7-9-15;;;;;;;/h5-11,20H,12-13H2,1-4H3;6*1H;/q;;;;;;;+5/p-5. The van der Waals surface area contributed by atoms with Crippen LogP contribution in [0.5, 0.6) is 5.75 Å². The molecule has 0 aromatic heterocycles. The maximum absolute atomic E-state index is 11.2. The predicted octanol–water partition coefficient (Wildman–Crippen LogP) is 7.68. The zero-order valence-electron chi connectivity index (χ0n) is 17.0. The third-order valence-corrected chi connectivity index (χ3v) is 4.62. The molecule has 2 aromatic rings. The Balaban J connectivity index is 0.000000846. The van der Waals surface area contributed by atoms with Crippen molar-refractivity contribution in [2.75, 3.05) is 0 Å². The summed E-state index contributed by atoms with van der Waals surface area (Å²) in [5.41, 5.74) is 4.62. The number of hydrogen-bond donors (Lipinski definition) is 1. The van der Waals surface area contributed by atoms with E-state index < -0.39 is 19.5 Å². The molecule has 0 saturated heterocycles. The van der Waals surface area contributed by atoms with E-state index in [1.165, 1.54) is 11.1 Å². The van der Waals surface area contributed by atoms with Gasteiger partial charge in [0.05, 0.1) is 0 Å². The van der Waals surface area contributed by atoms with Crippen LogP contribution in [0.3, 0.4) is 0 Å². The van der Waals surface area contributed by atoms with Crippen molar-refractivity contribution in [2.45, 2.75) is 44.6 Å². The fourth-order valence-electron chi connectivity index (χ4n) is 2.37. The van der Waals surface area contributed by atoms with E-state index in [1.807, 2.05) is 24.8 Å². The summed E-state index contributed by atoms with van der Waals surface area (Å²) in [6.45, 7) is 8.41. The van der Waals surface area contributed by atoms with E-state index in [1.54, 1.807) is 0 Å². The first kappa shape index (κ1) is 25.0. The van der Waals surface area contributed by atoms with E-state index in [-0.39, 0.29) is 6.84 Å². The first-order valence-electron chi connectivity index (χ1n) is 8.34. The minimum Gasteiger partial charge on any atom is 1.00 e. The van der Waals surface area contributed by atoms with Gasteiger partial charge in [-0.25, -0.2) is 0 Å². The van der Waals surface area contributed by atoms with Crippen molar-refractivity contribution in [1.29, 1.82) is 0 Å². The number of benzene rings is 2. The molecule has 0 aliphatic heterocycles. The minimum atomic E-state index is -11.2. The molecule has 28 heavy (non-hydrogen) atoms. The molecule has 0 heterocycles. The molecule has 9 heteroatoms. The molecule has 2 aromatic carbocycles. The van der Waals surface area contributed by atoms with Crippen LogP contribution < -0.4 is 0 Å². The van der Waals surface area contributed by atoms with Gasteiger partial charge in [-0.3, -0.25) is 0 Å². The Morgan fingerprint density at radius 1 is 0.893 bits per heavy atom. The van der Waals surface area contributed by atoms with Crippen LogP contribution in [-0.2, 0) is 16.9 Å². The van der Waals surface area contributed by atoms with E-state index in [2.05, 4.69) is 57.2 Å². The molecular weight excluding hydrogens is 512 g/mol. The topological polar surface area (TPSA) is 20.2 Å². The Morgan fingerprint density at radius 2 is 1.36 bits per heavy atom. The van der Waals surface area contributed by atoms with Crippen LogP contribution in [0.1, 0.15) is 44.5 Å². The third-order valence-electron chi connectivity index (χ3n) is 3.55. The molecule has 0 amide bonds. The van der Waals surface area contributed by atoms with Gasteiger partial charge in [-0.2, -0.15) is 11.8 Å². The van der Waals surface area contributed by atoms with Crippen molar-refractivity contribution in [3.8, 4) is 5.75 Å². The molecule has 0 atom stereocenters. The normalized spacial score (nSPS) is 14.5. The Hall–Kier alpha value is -1.01. The summed E-state index contributed by atoms with van der Waals surface area (Å²) in [7, 11) is 0. The maximum atomic E-state index is 10.3. The van der Waals surface area contributed by atoms with Gasteiger partial charge in [0, 0.05) is 11.5 Å². The molecule has 1 N–H and O–H groups in total. The van der Waals surface area contributed by atoms with Crippen molar-refractivity contribution in [1.82, 2.24) is 0 Å². The summed E-state index contributed by atoms with van der Waals surface area (Å²) >= 11 is -9.34. The summed E-state index contributed by atoms with van der Waals surface area (Å²) in [5, 5.41) is 10.3. The molecule has 0 bridgehead atoms. The quantitative estimate of drug-likeness (QED) is 0.319. The largest absolute Gasteiger partial charge is 1.00 e. The average molecular weight is 537 g/mol. The monoisotopic (exact) mass is 536 g/mol. The van der Waals surface area contributed by atoms with Crippen LogP contribution in [0.2, 0.25) is 0 Å². The third kappa shape index (κ3) is 11.7. The summed E-state index contributed by atoms with van der Waals surface area (Å²) in [4.78, 5) is 0. The van der Waals surface area contributed by atoms with Crippen LogP contribution in [0.4, 0.5) is 16.9 Å². The molecule has 2 rings (SSSR count). The first-order chi connectivity index (χ1) is 12.3. The molecule has 0 unspecified atom stereocenters. The smallest absolute Gasteiger partial charge is 1.00 e. The van der Waals surface area contributed by atoms with E-state index in [0.717, 1.165) is 22.6 Å². The van der Waals surface area contributed by atoms with Crippen molar-refractivity contribution < 1.29 is 23.4 Å². The second kappa shape index (κ2) is 8.02. The van der Waals surface area contributed by atoms with Crippen LogP contribution in [-0.4, -0.2) is 24.6 Å². The van der Waals surface area contributed by atoms with Gasteiger partial charge in [0.2, 0.25) is 0 Å². The zero-order valence-corrected chi connectivity index (χ0v) is 19.4. The van der Waals surface area contributed by atoms with E-state index in [9.17, 15) is 22.0 Å². The summed E-state index contributed by atoms with van der Waals surface area (Å²) < 4.78 is 59.6. The van der Waals surface area contributed by atoms with E-state index in [4.69, 9.17) is 0 Å². The van der Waals surface area contributed by atoms with Gasteiger partial charge in [0.15, 0.2) is 0 Å². The van der Waals surface area contributed by atoms with Crippen LogP contribution in [0, 0.1) is 6.92 Å². The fraction of sp³-hybridized carbons (Fsp3) is 0.368. The number of phenols is 1. The number of halogens is 6. The van der Waals surface area contributed by atoms with Gasteiger partial charge in [-0.1, -0.05) is 63.2 Å². The summed E-state index contributed by atoms with van der Waals surface area (Å²) in [5.74, 6) is 2.43. The number of aromatic hydroxyl groups is 1. The van der Waals surface area contributed by atoms with Crippen LogP contribution in [0.15, 0.2) is 42.5 Å². The molecule has 0 aliphatic carbocycles. The Morgan fingerprint density at radius 3 is 1.82 bits per heavy atom. The summed E-state index contributed by atoms with van der Waals surface area (Å²) in [6.07, 6.45) is 0. The SMILES string of the molecule is Cc1cc(CSCc2ccccc2)cc(C(C)(C)C)c1O.[F][Sb-]([F])([F])([F])([F])[F].[H+]. The van der Waals surface area contributed by atoms with E-state index in [0.29, 0.717) is 5.75 Å². The number of aryl methyl sites for hydroxylation is 1. The Kier molecular flexibility index (Phi) is 7.17. The van der Waals surface area contributed by atoms with Gasteiger partial charge >= 0.3 is 37.8 Å². The number of phenolic OH excluding ortho intramolecular Hbond substituents is 1. The van der Waals surface area contributed by atoms with E-state index >= 15 is 0 Å². The second-order valence-corrected chi connectivity index (χ2v) is 14.0. The Labute approximate surface area is 169 Å². The zero-order chi connectivity index (χ0) is 21.9. The second-order valence-electron chi connectivity index (χ2n) is 7.50. The van der Waals surface area contributed by atoms with Gasteiger partial charge in [0.1, 0.15) is 5.75 Å². The van der Waals surface area contributed by atoms with Gasteiger partial charge in [-0.15, -0.1) is 0 Å². The molecule has 0 radical (unpaired) electrons. The fourth-order valence-corrected chi connectivity index (χ4v) is 3.30. The van der Waals surface area contributed by atoms with Crippen molar-refractivity contribution in [2.24, 2.45) is 0 Å². The molecule has 1 nitrogen and oxygen atoms in total. The first-order valence-corrected chi connectivity index (χ1v) is 15.3. The van der Waals surface area contributed by atoms with Crippen LogP contribution >= 0.6 is 11.8 Å². The van der Waals surface area contributed by atoms with Crippen molar-refractivity contribution in [3.05, 3.63) is 64.7 Å². The molecule has 0 aliphatic rings. The minimum absolute atomic E-state index is 0. The van der Waals surface area contributed by atoms with Crippen molar-refractivity contribution >= 4 is 31.2 Å². The molecule has 0 saturated carbocycles. The number of rotatable bonds is 4. The average Bonchev–Trinajstić information content (AvgIpc) is 2.47. The van der Waals surface area contributed by atoms with Gasteiger partial charge in [0.25, 0.3) is 0 Å². The molecule has 160 valence electrons. The van der Waals surface area contributed by atoms with Crippen LogP contribution in [0.25, 0.3) is 0 Å². The molecular formula is C19H25F6OSSb. The van der Waals surface area contributed by atoms with Gasteiger partial charge < -0.3 is 5.11 Å². The summed E-state index contributed by atoms with van der Waals surface area (Å²) in [6, 6.07) is 14.8. The molecule has 0 fully saturated rings. The number of hydrogen-bond acceptors (Lipinski definition) is 2. The maximum Gasteiger partial charge on any atom is 1.00 e. The predicted molar refractivity (Wildman–Crippen MR) is 106 cm³/mol. The van der Waals surface area contributed by atoms with Crippen molar-refractivity contribution in [3.63, 3.8) is 0 Å². The Bertz CT molecular complexity index is 794.